The molecule has 7 nitrogen and oxygen atoms in total. The number of nitrogens with one attached hydrogen (secondary N) is 1. The smallest absolute Gasteiger partial charge is 0.320 e. The van der Waals surface area contributed by atoms with Gasteiger partial charge in [-0.3, -0.25) is 9.69 Å². The SMILES string of the molecule is CCCCOc1nc(N)c2c(n1)N(CC1CCNCC1)C(=O)C2. The largest absolute Gasteiger partial charge is 0.463 e. The molecule has 3 N–H and O–H groups in total. The average Bonchev–Trinajstić information content (AvgIpc) is 2.86. The lowest BCUT2D eigenvalue weighted by molar-refractivity contribution is -0.117. The number of fused-ring (bicyclic) bond motifs is 1. The lowest BCUT2D eigenvalue weighted by Crippen LogP contribution is -2.38. The molecule has 3 heterocycles. The highest BCUT2D eigenvalue weighted by Gasteiger charge is 2.33. The number of hydrogen-bond donors (Lipinski definition) is 2. The van der Waals surface area contributed by atoms with Crippen molar-refractivity contribution in [3.63, 3.8) is 0 Å². The van der Waals surface area contributed by atoms with Gasteiger partial charge in [0.2, 0.25) is 5.91 Å². The van der Waals surface area contributed by atoms with Crippen molar-refractivity contribution in [2.45, 2.75) is 39.0 Å². The summed E-state index contributed by atoms with van der Waals surface area (Å²) in [5, 5.41) is 3.35. The van der Waals surface area contributed by atoms with Crippen molar-refractivity contribution in [1.82, 2.24) is 15.3 Å². The zero-order valence-electron chi connectivity index (χ0n) is 13.7. The fraction of sp³-hybridized carbons (Fsp3) is 0.688. The van der Waals surface area contributed by atoms with E-state index in [9.17, 15) is 4.79 Å². The average molecular weight is 319 g/mol. The number of unbranched alkanes of at least 4 members (excludes halogenated alkanes) is 1. The van der Waals surface area contributed by atoms with Crippen molar-refractivity contribution in [2.24, 2.45) is 5.92 Å². The molecule has 1 fully saturated rings. The van der Waals surface area contributed by atoms with Gasteiger partial charge >= 0.3 is 6.01 Å². The Labute approximate surface area is 136 Å². The minimum Gasteiger partial charge on any atom is -0.463 e. The van der Waals surface area contributed by atoms with Gasteiger partial charge in [-0.2, -0.15) is 9.97 Å². The van der Waals surface area contributed by atoms with Gasteiger partial charge in [-0.1, -0.05) is 13.3 Å². The van der Waals surface area contributed by atoms with E-state index in [2.05, 4.69) is 22.2 Å². The van der Waals surface area contributed by atoms with E-state index >= 15 is 0 Å². The van der Waals surface area contributed by atoms with E-state index in [0.717, 1.165) is 44.3 Å². The zero-order valence-corrected chi connectivity index (χ0v) is 13.7. The summed E-state index contributed by atoms with van der Waals surface area (Å²) in [6.07, 6.45) is 4.44. The molecule has 3 rings (SSSR count). The van der Waals surface area contributed by atoms with Crippen molar-refractivity contribution < 1.29 is 9.53 Å². The molecule has 0 aromatic carbocycles. The van der Waals surface area contributed by atoms with Crippen LogP contribution in [-0.4, -0.2) is 42.1 Å². The number of carbonyl (C=O) groups is 1. The number of carbonyl (C=O) groups excluding carboxylic acids is 1. The molecule has 0 aliphatic carbocycles. The normalized spacial score (nSPS) is 18.3. The summed E-state index contributed by atoms with van der Waals surface area (Å²) in [5.41, 5.74) is 6.76. The van der Waals surface area contributed by atoms with E-state index in [1.807, 2.05) is 0 Å². The fourth-order valence-electron chi connectivity index (χ4n) is 3.11. The van der Waals surface area contributed by atoms with E-state index in [1.54, 1.807) is 4.90 Å². The molecule has 1 aromatic rings. The Balaban J connectivity index is 1.77. The van der Waals surface area contributed by atoms with Gasteiger partial charge in [0.25, 0.3) is 0 Å². The summed E-state index contributed by atoms with van der Waals surface area (Å²) in [5.74, 6) is 1.58. The molecule has 2 aliphatic heterocycles. The van der Waals surface area contributed by atoms with Gasteiger partial charge < -0.3 is 15.8 Å². The number of anilines is 2. The van der Waals surface area contributed by atoms with E-state index in [4.69, 9.17) is 10.5 Å². The highest BCUT2D eigenvalue weighted by molar-refractivity contribution is 6.01. The molecule has 0 unspecified atom stereocenters. The second kappa shape index (κ2) is 7.12. The molecule has 2 aliphatic rings. The molecule has 126 valence electrons. The Morgan fingerprint density at radius 2 is 2.13 bits per heavy atom. The molecule has 0 radical (unpaired) electrons. The second-order valence-electron chi connectivity index (χ2n) is 6.27. The van der Waals surface area contributed by atoms with Crippen molar-refractivity contribution >= 4 is 17.5 Å². The maximum atomic E-state index is 12.4. The first kappa shape index (κ1) is 16.0. The van der Waals surface area contributed by atoms with Gasteiger partial charge in [0.15, 0.2) is 0 Å². The molecule has 0 bridgehead atoms. The Morgan fingerprint density at radius 1 is 1.35 bits per heavy atom. The molecule has 23 heavy (non-hydrogen) atoms. The van der Waals surface area contributed by atoms with E-state index < -0.39 is 0 Å². The van der Waals surface area contributed by atoms with Crippen molar-refractivity contribution in [1.29, 1.82) is 0 Å². The van der Waals surface area contributed by atoms with Crippen LogP contribution in [0.15, 0.2) is 0 Å². The monoisotopic (exact) mass is 319 g/mol. The van der Waals surface area contributed by atoms with Crippen LogP contribution in [0, 0.1) is 5.92 Å². The highest BCUT2D eigenvalue weighted by atomic mass is 16.5. The third-order valence-electron chi connectivity index (χ3n) is 4.51. The predicted molar refractivity (Wildman–Crippen MR) is 88.5 cm³/mol. The molecule has 1 saturated heterocycles. The lowest BCUT2D eigenvalue weighted by atomic mass is 9.98. The summed E-state index contributed by atoms with van der Waals surface area (Å²) in [6, 6.07) is 0.278. The molecule has 0 saturated carbocycles. The van der Waals surface area contributed by atoms with Crippen molar-refractivity contribution in [3.05, 3.63) is 5.56 Å². The number of aromatic nitrogens is 2. The molecule has 0 spiro atoms. The van der Waals surface area contributed by atoms with Crippen LogP contribution in [0.5, 0.6) is 6.01 Å². The number of amides is 1. The van der Waals surface area contributed by atoms with Crippen LogP contribution < -0.4 is 20.7 Å². The molecular formula is C16H25N5O2. The van der Waals surface area contributed by atoms with E-state index in [1.165, 1.54) is 0 Å². The highest BCUT2D eigenvalue weighted by Crippen LogP contribution is 2.33. The van der Waals surface area contributed by atoms with Gasteiger partial charge in [-0.05, 0) is 38.3 Å². The van der Waals surface area contributed by atoms with Crippen LogP contribution in [0.25, 0.3) is 0 Å². The number of hydrogen-bond acceptors (Lipinski definition) is 6. The quantitative estimate of drug-likeness (QED) is 0.763. The molecule has 1 amide bonds. The van der Waals surface area contributed by atoms with Crippen LogP contribution in [0.3, 0.4) is 0 Å². The van der Waals surface area contributed by atoms with Crippen LogP contribution >= 0.6 is 0 Å². The second-order valence-corrected chi connectivity index (χ2v) is 6.27. The number of rotatable bonds is 6. The molecule has 1 aromatic heterocycles. The number of piperidine rings is 1. The number of nitrogen functional groups attached to an aromatic ring is 1. The van der Waals surface area contributed by atoms with Crippen molar-refractivity contribution in [3.8, 4) is 6.01 Å². The maximum absolute atomic E-state index is 12.4. The Bertz CT molecular complexity index is 572. The lowest BCUT2D eigenvalue weighted by Gasteiger charge is -2.27. The van der Waals surface area contributed by atoms with Gasteiger partial charge in [0, 0.05) is 12.1 Å². The number of nitrogens with two attached hydrogens (primary N) is 1. The van der Waals surface area contributed by atoms with E-state index in [0.29, 0.717) is 37.1 Å². The van der Waals surface area contributed by atoms with Crippen molar-refractivity contribution in [2.75, 3.05) is 36.9 Å². The standard InChI is InChI=1S/C16H25N5O2/c1-2-3-8-23-16-19-14(17)12-9-13(22)21(15(12)20-16)10-11-4-6-18-7-5-11/h11,18H,2-10H2,1H3,(H2,17,19,20). The first-order valence-electron chi connectivity index (χ1n) is 8.49. The summed E-state index contributed by atoms with van der Waals surface area (Å²) in [4.78, 5) is 22.8. The van der Waals surface area contributed by atoms with Crippen LogP contribution in [0.2, 0.25) is 0 Å². The van der Waals surface area contributed by atoms with Crippen LogP contribution in [0.1, 0.15) is 38.2 Å². The van der Waals surface area contributed by atoms with Gasteiger partial charge in [0.05, 0.1) is 13.0 Å². The topological polar surface area (TPSA) is 93.4 Å². The first-order chi connectivity index (χ1) is 11.2. The van der Waals surface area contributed by atoms with Gasteiger partial charge in [-0.25, -0.2) is 0 Å². The number of nitrogens with zero attached hydrogens (tertiary/aromatic N) is 3. The third kappa shape index (κ3) is 3.55. The van der Waals surface area contributed by atoms with Gasteiger partial charge in [0.1, 0.15) is 11.6 Å². The summed E-state index contributed by atoms with van der Waals surface area (Å²) in [7, 11) is 0. The first-order valence-corrected chi connectivity index (χ1v) is 8.49. The third-order valence-corrected chi connectivity index (χ3v) is 4.51. The molecule has 0 atom stereocenters. The number of ether oxygens (including phenoxy) is 1. The predicted octanol–water partition coefficient (Wildman–Crippen LogP) is 1.13. The Kier molecular flexibility index (Phi) is 4.95. The summed E-state index contributed by atoms with van der Waals surface area (Å²) in [6.45, 7) is 5.39. The molecular weight excluding hydrogens is 294 g/mol. The zero-order chi connectivity index (χ0) is 16.2. The molecule has 7 heteroatoms. The summed E-state index contributed by atoms with van der Waals surface area (Å²) < 4.78 is 5.58. The minimum atomic E-state index is 0.0604. The fourth-order valence-corrected chi connectivity index (χ4v) is 3.11. The minimum absolute atomic E-state index is 0.0604. The Morgan fingerprint density at radius 3 is 2.87 bits per heavy atom. The van der Waals surface area contributed by atoms with Crippen LogP contribution in [-0.2, 0) is 11.2 Å². The Hall–Kier alpha value is -1.89. The maximum Gasteiger partial charge on any atom is 0.320 e. The van der Waals surface area contributed by atoms with Crippen LogP contribution in [0.4, 0.5) is 11.6 Å². The van der Waals surface area contributed by atoms with E-state index in [-0.39, 0.29) is 11.9 Å². The summed E-state index contributed by atoms with van der Waals surface area (Å²) >= 11 is 0. The van der Waals surface area contributed by atoms with Gasteiger partial charge in [-0.15, -0.1) is 0 Å².